The van der Waals surface area contributed by atoms with Gasteiger partial charge in [0.25, 0.3) is 9.84 Å². The molecule has 0 radical (unpaired) electrons. The molecule has 1 aromatic carbocycles. The van der Waals surface area contributed by atoms with E-state index in [2.05, 4.69) is 9.71 Å². The molecule has 2 aromatic rings. The molecule has 0 saturated heterocycles. The molecule has 174 valence electrons. The van der Waals surface area contributed by atoms with Gasteiger partial charge in [-0.05, 0) is 35.9 Å². The predicted molar refractivity (Wildman–Crippen MR) is 112 cm³/mol. The van der Waals surface area contributed by atoms with Crippen molar-refractivity contribution >= 4 is 31.4 Å². The minimum absolute atomic E-state index is 0.313. The summed E-state index contributed by atoms with van der Waals surface area (Å²) in [5.41, 5.74) is -3.90. The number of nitrogens with zero attached hydrogens (tertiary/aromatic N) is 4. The number of benzene rings is 1. The van der Waals surface area contributed by atoms with Crippen LogP contribution >= 0.6 is 0 Å². The van der Waals surface area contributed by atoms with Gasteiger partial charge in [0.05, 0.1) is 23.4 Å². The lowest BCUT2D eigenvalue weighted by atomic mass is 10.2. The van der Waals surface area contributed by atoms with Gasteiger partial charge in [-0.1, -0.05) is 0 Å². The Labute approximate surface area is 183 Å². The van der Waals surface area contributed by atoms with Gasteiger partial charge in [0.15, 0.2) is 0 Å². The number of nitrogens with one attached hydrogen (secondary N) is 1. The zero-order valence-corrected chi connectivity index (χ0v) is 18.6. The van der Waals surface area contributed by atoms with Gasteiger partial charge in [-0.15, -0.1) is 0 Å². The van der Waals surface area contributed by atoms with E-state index in [0.29, 0.717) is 30.2 Å². The lowest BCUT2D eigenvalue weighted by molar-refractivity contribution is -0.0436. The van der Waals surface area contributed by atoms with Gasteiger partial charge in [0.2, 0.25) is 0 Å². The highest BCUT2D eigenvalue weighted by Gasteiger charge is 2.46. The number of hydrogen-bond acceptors (Lipinski definition) is 7. The quantitative estimate of drug-likeness (QED) is 0.634. The number of pyridine rings is 1. The number of sulfone groups is 1. The van der Waals surface area contributed by atoms with E-state index in [1.165, 1.54) is 38.6 Å². The summed E-state index contributed by atoms with van der Waals surface area (Å²) in [5, 5.41) is 0. The second-order valence-electron chi connectivity index (χ2n) is 7.02. The number of aromatic nitrogens is 1. The van der Waals surface area contributed by atoms with Gasteiger partial charge in [0.1, 0.15) is 0 Å². The highest BCUT2D eigenvalue weighted by molar-refractivity contribution is 7.92. The van der Waals surface area contributed by atoms with Crippen LogP contribution in [0.1, 0.15) is 5.56 Å². The maximum Gasteiger partial charge on any atom is 0.501 e. The van der Waals surface area contributed by atoms with E-state index >= 15 is 0 Å². The summed E-state index contributed by atoms with van der Waals surface area (Å²) >= 11 is 0. The number of halogens is 3. The third-order valence-corrected chi connectivity index (χ3v) is 7.52. The first-order chi connectivity index (χ1) is 14.8. The highest BCUT2D eigenvalue weighted by Crippen LogP contribution is 2.31. The molecule has 3 rings (SSSR count). The molecule has 1 N–H and O–H groups in total. The van der Waals surface area contributed by atoms with Crippen molar-refractivity contribution in [2.24, 2.45) is 0 Å². The second kappa shape index (κ2) is 8.60. The van der Waals surface area contributed by atoms with Crippen LogP contribution in [0.3, 0.4) is 0 Å². The van der Waals surface area contributed by atoms with Crippen LogP contribution in [0.4, 0.5) is 24.5 Å². The van der Waals surface area contributed by atoms with Crippen LogP contribution in [-0.4, -0.2) is 57.3 Å². The largest absolute Gasteiger partial charge is 0.501 e. The van der Waals surface area contributed by atoms with Crippen molar-refractivity contribution in [2.75, 3.05) is 30.4 Å². The van der Waals surface area contributed by atoms with Crippen molar-refractivity contribution in [3.8, 4) is 0 Å². The number of anilines is 2. The fraction of sp³-hybridized carbons (Fsp3) is 0.278. The molecule has 0 bridgehead atoms. The van der Waals surface area contributed by atoms with E-state index < -0.39 is 30.5 Å². The summed E-state index contributed by atoms with van der Waals surface area (Å²) in [6.07, 6.45) is 6.33. The molecule has 2 heterocycles. The van der Waals surface area contributed by atoms with Gasteiger partial charge >= 0.3 is 15.7 Å². The van der Waals surface area contributed by atoms with Crippen LogP contribution in [0.25, 0.3) is 0 Å². The summed E-state index contributed by atoms with van der Waals surface area (Å²) in [5.74, 6) is 0. The molecule has 14 heteroatoms. The van der Waals surface area contributed by atoms with Gasteiger partial charge in [-0.3, -0.25) is 9.71 Å². The molecule has 0 atom stereocenters. The molecule has 0 aliphatic carbocycles. The highest BCUT2D eigenvalue weighted by atomic mass is 32.2. The van der Waals surface area contributed by atoms with Gasteiger partial charge < -0.3 is 9.80 Å². The molecule has 1 aromatic heterocycles. The number of alkyl halides is 3. The van der Waals surface area contributed by atoms with Crippen LogP contribution in [0.2, 0.25) is 0 Å². The second-order valence-corrected chi connectivity index (χ2v) is 10.8. The van der Waals surface area contributed by atoms with Crippen LogP contribution < -0.4 is 9.62 Å². The van der Waals surface area contributed by atoms with Crippen LogP contribution in [-0.2, 0) is 26.6 Å². The number of hydrogen-bond donors (Lipinski definition) is 1. The van der Waals surface area contributed by atoms with E-state index in [-0.39, 0.29) is 0 Å². The average molecular weight is 492 g/mol. The van der Waals surface area contributed by atoms with Crippen molar-refractivity contribution in [1.29, 1.82) is 0 Å². The minimum atomic E-state index is -5.41. The standard InChI is InChI=1S/C18H20F3N5O4S2/c1-24(2)32(29,30)23-17-11-22-8-7-14(17)12-25-9-10-26(13-25)15-3-5-16(6-4-15)31(27,28)18(19,20)21/h3-11,23H,12-13H2,1-2H3. The Kier molecular flexibility index (Phi) is 6.40. The Morgan fingerprint density at radius 3 is 2.31 bits per heavy atom. The number of rotatable bonds is 7. The lowest BCUT2D eigenvalue weighted by Gasteiger charge is -2.23. The maximum atomic E-state index is 12.7. The molecule has 0 amide bonds. The van der Waals surface area contributed by atoms with Crippen molar-refractivity contribution in [1.82, 2.24) is 14.2 Å². The van der Waals surface area contributed by atoms with Crippen LogP contribution in [0.5, 0.6) is 0 Å². The Balaban J connectivity index is 1.71. The molecule has 9 nitrogen and oxygen atoms in total. The van der Waals surface area contributed by atoms with Crippen molar-refractivity contribution < 1.29 is 30.0 Å². The SMILES string of the molecule is CN(C)S(=O)(=O)Nc1cnccc1CN1C=CN(c2ccc(S(=O)(=O)C(F)(F)F)cc2)C1. The van der Waals surface area contributed by atoms with E-state index in [0.717, 1.165) is 16.4 Å². The first kappa shape index (κ1) is 23.8. The predicted octanol–water partition coefficient (Wildman–Crippen LogP) is 2.34. The summed E-state index contributed by atoms with van der Waals surface area (Å²) in [6.45, 7) is 0.634. The molecule has 1 aliphatic heterocycles. The molecular formula is C18H20F3N5O4S2. The monoisotopic (exact) mass is 491 g/mol. The molecule has 0 saturated carbocycles. The fourth-order valence-corrected chi connectivity index (χ4v) is 4.19. The summed E-state index contributed by atoms with van der Waals surface area (Å²) < 4.78 is 88.8. The normalized spacial score (nSPS) is 14.9. The van der Waals surface area contributed by atoms with Crippen molar-refractivity contribution in [3.05, 3.63) is 60.7 Å². The van der Waals surface area contributed by atoms with E-state index in [9.17, 15) is 30.0 Å². The van der Waals surface area contributed by atoms with E-state index in [1.54, 1.807) is 23.4 Å². The molecular weight excluding hydrogens is 471 g/mol. The Hall–Kier alpha value is -2.84. The maximum absolute atomic E-state index is 12.7. The Bertz CT molecular complexity index is 1210. The van der Waals surface area contributed by atoms with E-state index in [1.807, 2.05) is 4.90 Å². The molecule has 0 spiro atoms. The first-order valence-corrected chi connectivity index (χ1v) is 12.0. The Morgan fingerprint density at radius 1 is 1.06 bits per heavy atom. The molecule has 0 unspecified atom stereocenters. The van der Waals surface area contributed by atoms with Gasteiger partial charge in [-0.2, -0.15) is 25.9 Å². The third kappa shape index (κ3) is 4.97. The fourth-order valence-electron chi connectivity index (χ4n) is 2.79. The smallest absolute Gasteiger partial charge is 0.354 e. The van der Waals surface area contributed by atoms with E-state index in [4.69, 9.17) is 0 Å². The summed E-state index contributed by atoms with van der Waals surface area (Å²) in [6, 6.07) is 6.06. The lowest BCUT2D eigenvalue weighted by Crippen LogP contribution is -2.30. The molecule has 32 heavy (non-hydrogen) atoms. The zero-order chi connectivity index (χ0) is 23.7. The summed E-state index contributed by atoms with van der Waals surface area (Å²) in [4.78, 5) is 6.66. The van der Waals surface area contributed by atoms with Crippen molar-refractivity contribution in [2.45, 2.75) is 16.9 Å². The van der Waals surface area contributed by atoms with Crippen molar-refractivity contribution in [3.63, 3.8) is 0 Å². The minimum Gasteiger partial charge on any atom is -0.354 e. The average Bonchev–Trinajstić information content (AvgIpc) is 3.17. The molecule has 1 aliphatic rings. The van der Waals surface area contributed by atoms with Crippen LogP contribution in [0.15, 0.2) is 60.0 Å². The zero-order valence-electron chi connectivity index (χ0n) is 17.0. The van der Waals surface area contributed by atoms with Crippen LogP contribution in [0, 0.1) is 0 Å². The van der Waals surface area contributed by atoms with Gasteiger partial charge in [-0.25, -0.2) is 8.42 Å². The Morgan fingerprint density at radius 2 is 1.72 bits per heavy atom. The summed E-state index contributed by atoms with van der Waals surface area (Å²) in [7, 11) is -6.34. The third-order valence-electron chi connectivity index (χ3n) is 4.58. The first-order valence-electron chi connectivity index (χ1n) is 9.05. The van der Waals surface area contributed by atoms with Gasteiger partial charge in [0, 0.05) is 44.9 Å². The molecule has 0 fully saturated rings. The topological polar surface area (TPSA) is 103 Å².